The smallest absolute Gasteiger partial charge is 0.167 e. The lowest BCUT2D eigenvalue weighted by molar-refractivity contribution is -0.0339. The molecule has 0 radical (unpaired) electrons. The molecule has 0 aliphatic carbocycles. The van der Waals surface area contributed by atoms with Crippen LogP contribution in [-0.2, 0) is 4.74 Å². The van der Waals surface area contributed by atoms with E-state index in [1.165, 1.54) is 12.7 Å². The molecule has 1 saturated heterocycles. The average molecular weight is 407 g/mol. The highest BCUT2D eigenvalue weighted by Gasteiger charge is 2.44. The van der Waals surface area contributed by atoms with E-state index in [1.807, 2.05) is 24.3 Å². The van der Waals surface area contributed by atoms with Crippen LogP contribution in [0.5, 0.6) is 0 Å². The molecule has 1 aliphatic rings. The van der Waals surface area contributed by atoms with Gasteiger partial charge in [-0.3, -0.25) is 4.57 Å². The summed E-state index contributed by atoms with van der Waals surface area (Å²) in [6, 6.07) is 9.33. The van der Waals surface area contributed by atoms with Crippen LogP contribution in [0.4, 0.5) is 5.82 Å². The average Bonchev–Trinajstić information content (AvgIpc) is 3.31. The first-order valence-corrected chi connectivity index (χ1v) is 9.40. The number of rotatable bonds is 6. The highest BCUT2D eigenvalue weighted by Crippen LogP contribution is 2.31. The van der Waals surface area contributed by atoms with Crippen molar-refractivity contribution in [3.63, 3.8) is 0 Å². The number of anilines is 1. The van der Waals surface area contributed by atoms with Gasteiger partial charge in [0.05, 0.1) is 18.0 Å². The van der Waals surface area contributed by atoms with E-state index in [0.29, 0.717) is 29.8 Å². The largest absolute Gasteiger partial charge is 0.387 e. The Morgan fingerprint density at radius 3 is 2.77 bits per heavy atom. The number of benzene rings is 1. The van der Waals surface area contributed by atoms with E-state index in [1.54, 1.807) is 16.7 Å². The number of hydrogen-bond acceptors (Lipinski definition) is 9. The molecule has 2 aromatic heterocycles. The van der Waals surface area contributed by atoms with Gasteiger partial charge in [-0.2, -0.15) is 5.26 Å². The van der Waals surface area contributed by atoms with E-state index in [4.69, 9.17) is 15.7 Å². The fourth-order valence-electron chi connectivity index (χ4n) is 3.36. The molecule has 1 fully saturated rings. The van der Waals surface area contributed by atoms with Crippen molar-refractivity contribution in [3.05, 3.63) is 54.1 Å². The summed E-state index contributed by atoms with van der Waals surface area (Å²) < 4.78 is 7.42. The van der Waals surface area contributed by atoms with Crippen LogP contribution in [0.2, 0.25) is 0 Å². The predicted molar refractivity (Wildman–Crippen MR) is 109 cm³/mol. The Hall–Kier alpha value is -3.36. The number of hydrogen-bond donors (Lipinski definition) is 4. The molecule has 0 amide bonds. The van der Waals surface area contributed by atoms with Crippen LogP contribution in [0.15, 0.2) is 43.0 Å². The van der Waals surface area contributed by atoms with Crippen molar-refractivity contribution in [2.24, 2.45) is 0 Å². The van der Waals surface area contributed by atoms with Crippen molar-refractivity contribution in [2.45, 2.75) is 24.5 Å². The molecule has 0 unspecified atom stereocenters. The molecule has 0 spiro atoms. The first kappa shape index (κ1) is 19.9. The van der Waals surface area contributed by atoms with E-state index >= 15 is 0 Å². The van der Waals surface area contributed by atoms with Crippen molar-refractivity contribution in [2.75, 3.05) is 18.8 Å². The van der Waals surface area contributed by atoms with E-state index in [2.05, 4.69) is 26.3 Å². The second-order valence-electron chi connectivity index (χ2n) is 6.92. The zero-order valence-electron chi connectivity index (χ0n) is 16.0. The Morgan fingerprint density at radius 2 is 2.00 bits per heavy atom. The Bertz CT molecular complexity index is 1090. The topological polar surface area (TPSA) is 155 Å². The van der Waals surface area contributed by atoms with Gasteiger partial charge in [-0.15, -0.1) is 0 Å². The Balaban J connectivity index is 1.34. The second kappa shape index (κ2) is 8.56. The van der Waals surface area contributed by atoms with Crippen molar-refractivity contribution >= 4 is 23.1 Å². The summed E-state index contributed by atoms with van der Waals surface area (Å²) in [7, 11) is 0. The zero-order valence-corrected chi connectivity index (χ0v) is 16.0. The molecule has 1 aliphatic heterocycles. The number of nitriles is 1. The summed E-state index contributed by atoms with van der Waals surface area (Å²) in [5, 5.41) is 32.8. The lowest BCUT2D eigenvalue weighted by atomic mass is 10.1. The third kappa shape index (κ3) is 3.87. The SMILES string of the molecule is N#Cc1ccc(/C=C/CNC[C@H]2O[C@@H](n3cnc4c(N)ncnc43)[C@H](O)[C@@H]2O)cc1. The molecule has 0 saturated carbocycles. The molecule has 1 aromatic carbocycles. The predicted octanol–water partition coefficient (Wildman–Crippen LogP) is 0.202. The minimum absolute atomic E-state index is 0.235. The third-order valence-electron chi connectivity index (χ3n) is 4.96. The molecule has 4 rings (SSSR count). The molecular weight excluding hydrogens is 386 g/mol. The van der Waals surface area contributed by atoms with Crippen LogP contribution < -0.4 is 11.1 Å². The Morgan fingerprint density at radius 1 is 1.20 bits per heavy atom. The molecule has 5 N–H and O–H groups in total. The van der Waals surface area contributed by atoms with Gasteiger partial charge in [0.25, 0.3) is 0 Å². The number of imidazole rings is 1. The number of nitrogen functional groups attached to an aromatic ring is 1. The van der Waals surface area contributed by atoms with Crippen molar-refractivity contribution < 1.29 is 14.9 Å². The molecule has 3 heterocycles. The molecule has 154 valence electrons. The number of nitrogens with two attached hydrogens (primary N) is 1. The third-order valence-corrected chi connectivity index (χ3v) is 4.96. The van der Waals surface area contributed by atoms with Crippen molar-refractivity contribution in [1.82, 2.24) is 24.8 Å². The highest BCUT2D eigenvalue weighted by molar-refractivity contribution is 5.81. The molecule has 0 bridgehead atoms. The minimum atomic E-state index is -1.14. The minimum Gasteiger partial charge on any atom is -0.387 e. The maximum absolute atomic E-state index is 10.5. The first-order valence-electron chi connectivity index (χ1n) is 9.40. The number of aliphatic hydroxyl groups is 2. The highest BCUT2D eigenvalue weighted by atomic mass is 16.6. The van der Waals surface area contributed by atoms with Crippen LogP contribution in [0, 0.1) is 11.3 Å². The summed E-state index contributed by atoms with van der Waals surface area (Å²) in [5.41, 5.74) is 8.24. The lowest BCUT2D eigenvalue weighted by Crippen LogP contribution is -2.37. The van der Waals surface area contributed by atoms with Crippen molar-refractivity contribution in [1.29, 1.82) is 5.26 Å². The first-order chi connectivity index (χ1) is 14.6. The molecule has 3 aromatic rings. The summed E-state index contributed by atoms with van der Waals surface area (Å²) >= 11 is 0. The molecule has 10 nitrogen and oxygen atoms in total. The Labute approximate surface area is 172 Å². The monoisotopic (exact) mass is 407 g/mol. The van der Waals surface area contributed by atoms with Gasteiger partial charge in [-0.1, -0.05) is 24.3 Å². The number of ether oxygens (including phenoxy) is 1. The van der Waals surface area contributed by atoms with Crippen LogP contribution >= 0.6 is 0 Å². The summed E-state index contributed by atoms with van der Waals surface area (Å²) in [6.07, 6.45) is 2.99. The van der Waals surface area contributed by atoms with E-state index in [0.717, 1.165) is 5.56 Å². The van der Waals surface area contributed by atoms with Gasteiger partial charge < -0.3 is 26.0 Å². The van der Waals surface area contributed by atoms with Crippen LogP contribution in [0.25, 0.3) is 17.2 Å². The van der Waals surface area contributed by atoms with E-state index in [-0.39, 0.29) is 5.82 Å². The number of nitrogens with one attached hydrogen (secondary N) is 1. The van der Waals surface area contributed by atoms with Gasteiger partial charge in [0.2, 0.25) is 0 Å². The van der Waals surface area contributed by atoms with Gasteiger partial charge in [-0.05, 0) is 17.7 Å². The zero-order chi connectivity index (χ0) is 21.1. The number of aliphatic hydroxyl groups excluding tert-OH is 2. The van der Waals surface area contributed by atoms with Crippen LogP contribution in [0.3, 0.4) is 0 Å². The molecular formula is C20H21N7O3. The maximum atomic E-state index is 10.5. The number of aromatic nitrogens is 4. The van der Waals surface area contributed by atoms with Gasteiger partial charge in [-0.25, -0.2) is 15.0 Å². The molecule has 10 heteroatoms. The Kier molecular flexibility index (Phi) is 5.69. The van der Waals surface area contributed by atoms with Crippen molar-refractivity contribution in [3.8, 4) is 6.07 Å². The number of nitrogens with zero attached hydrogens (tertiary/aromatic N) is 5. The van der Waals surface area contributed by atoms with Gasteiger partial charge in [0.15, 0.2) is 17.7 Å². The quantitative estimate of drug-likeness (QED) is 0.419. The van der Waals surface area contributed by atoms with E-state index in [9.17, 15) is 10.2 Å². The number of fused-ring (bicyclic) bond motifs is 1. The van der Waals surface area contributed by atoms with Crippen LogP contribution in [0.1, 0.15) is 17.4 Å². The lowest BCUT2D eigenvalue weighted by Gasteiger charge is -2.16. The normalized spacial score (nSPS) is 23.9. The molecule has 30 heavy (non-hydrogen) atoms. The van der Waals surface area contributed by atoms with Gasteiger partial charge >= 0.3 is 0 Å². The second-order valence-corrected chi connectivity index (χ2v) is 6.92. The summed E-state index contributed by atoms with van der Waals surface area (Å²) in [4.78, 5) is 12.2. The van der Waals surface area contributed by atoms with E-state index < -0.39 is 24.5 Å². The fraction of sp³-hybridized carbons (Fsp3) is 0.300. The van der Waals surface area contributed by atoms with Gasteiger partial charge in [0, 0.05) is 13.1 Å². The van der Waals surface area contributed by atoms with Crippen LogP contribution in [-0.4, -0.2) is 61.1 Å². The van der Waals surface area contributed by atoms with Gasteiger partial charge in [0.1, 0.15) is 30.2 Å². The standard InChI is InChI=1S/C20H21N7O3/c21-8-13-5-3-12(4-6-13)2-1-7-23-9-14-16(28)17(29)20(30-14)27-11-26-15-18(22)24-10-25-19(15)27/h1-6,10-11,14,16-17,20,23,28-29H,7,9H2,(H2,22,24,25)/b2-1+/t14-,16-,17-,20-/m1/s1. The summed E-state index contributed by atoms with van der Waals surface area (Å²) in [5.74, 6) is 0.235. The fourth-order valence-corrected chi connectivity index (χ4v) is 3.36. The molecule has 4 atom stereocenters. The maximum Gasteiger partial charge on any atom is 0.167 e. The summed E-state index contributed by atoms with van der Waals surface area (Å²) in [6.45, 7) is 0.890.